The number of fused-ring (bicyclic) bond motifs is 7. The number of rotatable bonds is 8. The second-order valence-corrected chi connectivity index (χ2v) is 23.9. The zero-order chi connectivity index (χ0) is 41.4. The van der Waals surface area contributed by atoms with Crippen LogP contribution in [0.15, 0.2) is 0 Å². The highest BCUT2D eigenvalue weighted by atomic mass is 16.5. The second kappa shape index (κ2) is 13.4. The molecule has 0 aromatic heterocycles. The number of carbonyl (C=O) groups excluding carboxylic acids is 3. The maximum Gasteiger partial charge on any atom is 0.309 e. The number of esters is 1. The molecule has 7 aliphatic carbocycles. The van der Waals surface area contributed by atoms with Crippen molar-refractivity contribution in [1.82, 2.24) is 10.2 Å². The molecular weight excluding hydrogens is 717 g/mol. The molecule has 8 fully saturated rings. The molecule has 57 heavy (non-hydrogen) atoms. The molecule has 0 spiro atoms. The third-order valence-electron chi connectivity index (χ3n) is 20.4. The number of amides is 2. The van der Waals surface area contributed by atoms with Gasteiger partial charge in [0.1, 0.15) is 6.10 Å². The molecular formula is C48H76N2O7. The minimum atomic E-state index is -1.15. The van der Waals surface area contributed by atoms with Crippen molar-refractivity contribution in [3.8, 4) is 0 Å². The highest BCUT2D eigenvalue weighted by Gasteiger charge is 2.74. The number of nitrogens with one attached hydrogen (secondary N) is 1. The van der Waals surface area contributed by atoms with E-state index in [4.69, 9.17) is 9.47 Å². The molecule has 3 unspecified atom stereocenters. The number of nitrogens with zero attached hydrogens (tertiary/aromatic N) is 1. The summed E-state index contributed by atoms with van der Waals surface area (Å²) in [6.45, 7) is 25.1. The van der Waals surface area contributed by atoms with Crippen LogP contribution in [0.2, 0.25) is 0 Å². The fourth-order valence-electron chi connectivity index (χ4n) is 16.1. The van der Waals surface area contributed by atoms with Gasteiger partial charge < -0.3 is 24.8 Å². The summed E-state index contributed by atoms with van der Waals surface area (Å²) in [5, 5.41) is 13.3. The number of hydrogen-bond donors (Lipinski definition) is 2. The van der Waals surface area contributed by atoms with Crippen LogP contribution in [0.25, 0.3) is 0 Å². The predicted octanol–water partition coefficient (Wildman–Crippen LogP) is 8.67. The maximum atomic E-state index is 15.1. The van der Waals surface area contributed by atoms with Crippen LogP contribution in [0, 0.1) is 78.8 Å². The van der Waals surface area contributed by atoms with E-state index in [1.165, 1.54) is 25.7 Å². The van der Waals surface area contributed by atoms with Crippen molar-refractivity contribution in [3.63, 3.8) is 0 Å². The molecule has 2 N–H and O–H groups in total. The minimum absolute atomic E-state index is 0.0174. The number of morpholine rings is 1. The van der Waals surface area contributed by atoms with Gasteiger partial charge in [-0.3, -0.25) is 19.2 Å². The van der Waals surface area contributed by atoms with E-state index < -0.39 is 17.4 Å². The molecule has 0 aromatic rings. The molecule has 0 radical (unpaired) electrons. The average Bonchev–Trinajstić information content (AvgIpc) is 3.75. The molecule has 1 saturated heterocycles. The molecule has 9 nitrogen and oxygen atoms in total. The van der Waals surface area contributed by atoms with Crippen LogP contribution >= 0.6 is 0 Å². The Bertz CT molecular complexity index is 1660. The number of aliphatic carboxylic acids is 1. The van der Waals surface area contributed by atoms with Crippen molar-refractivity contribution in [2.24, 2.45) is 78.8 Å². The summed E-state index contributed by atoms with van der Waals surface area (Å²) >= 11 is 0. The normalized spacial score (nSPS) is 45.2. The van der Waals surface area contributed by atoms with Gasteiger partial charge in [-0.05, 0) is 154 Å². The highest BCUT2D eigenvalue weighted by Crippen LogP contribution is 2.79. The summed E-state index contributed by atoms with van der Waals surface area (Å²) in [5.74, 6) is 1.53. The van der Waals surface area contributed by atoms with Crippen LogP contribution in [0.3, 0.4) is 0 Å². The van der Waals surface area contributed by atoms with E-state index in [2.05, 4.69) is 60.7 Å². The Morgan fingerprint density at radius 1 is 0.754 bits per heavy atom. The van der Waals surface area contributed by atoms with Gasteiger partial charge >= 0.3 is 11.9 Å². The Morgan fingerprint density at radius 2 is 1.44 bits per heavy atom. The van der Waals surface area contributed by atoms with Crippen LogP contribution < -0.4 is 5.32 Å². The Balaban J connectivity index is 1.02. The Morgan fingerprint density at radius 3 is 2.07 bits per heavy atom. The first-order valence-corrected chi connectivity index (χ1v) is 23.1. The van der Waals surface area contributed by atoms with Gasteiger partial charge in [-0.25, -0.2) is 0 Å². The van der Waals surface area contributed by atoms with Gasteiger partial charge in [0.15, 0.2) is 0 Å². The summed E-state index contributed by atoms with van der Waals surface area (Å²) < 4.78 is 11.7. The lowest BCUT2D eigenvalue weighted by molar-refractivity contribution is -0.251. The summed E-state index contributed by atoms with van der Waals surface area (Å²) in [5.41, 5.74) is -1.24. The summed E-state index contributed by atoms with van der Waals surface area (Å²) in [7, 11) is 0. The largest absolute Gasteiger partial charge is 0.481 e. The number of hydrogen-bond acceptors (Lipinski definition) is 6. The third-order valence-corrected chi connectivity index (χ3v) is 20.4. The van der Waals surface area contributed by atoms with Gasteiger partial charge in [0.25, 0.3) is 0 Å². The molecule has 9 heteroatoms. The third kappa shape index (κ3) is 6.03. The second-order valence-electron chi connectivity index (χ2n) is 23.9. The van der Waals surface area contributed by atoms with Gasteiger partial charge in [0.2, 0.25) is 11.8 Å². The number of ether oxygens (including phenoxy) is 2. The fourth-order valence-corrected chi connectivity index (χ4v) is 16.1. The number of carboxylic acids is 1. The number of carboxylic acid groups (broad SMARTS) is 1. The van der Waals surface area contributed by atoms with Crippen LogP contribution in [-0.4, -0.2) is 72.2 Å². The zero-order valence-electron chi connectivity index (χ0n) is 37.2. The smallest absolute Gasteiger partial charge is 0.309 e. The van der Waals surface area contributed by atoms with Crippen LogP contribution in [-0.2, 0) is 28.7 Å². The van der Waals surface area contributed by atoms with Crippen LogP contribution in [0.5, 0.6) is 0 Å². The van der Waals surface area contributed by atoms with E-state index in [9.17, 15) is 19.5 Å². The highest BCUT2D eigenvalue weighted by molar-refractivity contribution is 5.86. The molecule has 2 amide bonds. The molecule has 8 rings (SSSR count). The van der Waals surface area contributed by atoms with Gasteiger partial charge in [-0.15, -0.1) is 0 Å². The van der Waals surface area contributed by atoms with Gasteiger partial charge in [-0.2, -0.15) is 0 Å². The van der Waals surface area contributed by atoms with Crippen molar-refractivity contribution in [1.29, 1.82) is 0 Å². The fraction of sp³-hybridized carbons (Fsp3) is 0.917. The molecule has 320 valence electrons. The van der Waals surface area contributed by atoms with E-state index in [0.29, 0.717) is 67.2 Å². The first kappa shape index (κ1) is 41.6. The average molecular weight is 793 g/mol. The van der Waals surface area contributed by atoms with E-state index in [1.807, 2.05) is 4.90 Å². The van der Waals surface area contributed by atoms with E-state index in [1.54, 1.807) is 13.8 Å². The molecule has 12 atom stereocenters. The molecule has 7 saturated carbocycles. The van der Waals surface area contributed by atoms with E-state index in [0.717, 1.165) is 57.8 Å². The topological polar surface area (TPSA) is 122 Å². The Kier molecular flexibility index (Phi) is 9.79. The van der Waals surface area contributed by atoms with Crippen molar-refractivity contribution in [2.75, 3.05) is 26.3 Å². The summed E-state index contributed by atoms with van der Waals surface area (Å²) in [6, 6.07) is 0.0174. The van der Waals surface area contributed by atoms with E-state index in [-0.39, 0.29) is 62.9 Å². The predicted molar refractivity (Wildman–Crippen MR) is 219 cm³/mol. The lowest BCUT2D eigenvalue weighted by Gasteiger charge is -2.73. The zero-order valence-corrected chi connectivity index (χ0v) is 37.2. The van der Waals surface area contributed by atoms with Crippen LogP contribution in [0.4, 0.5) is 0 Å². The first-order valence-electron chi connectivity index (χ1n) is 23.1. The molecule has 0 bridgehead atoms. The molecule has 8 aliphatic rings. The summed E-state index contributed by atoms with van der Waals surface area (Å²) in [4.78, 5) is 55.7. The first-order chi connectivity index (χ1) is 26.5. The van der Waals surface area contributed by atoms with Crippen molar-refractivity contribution in [2.45, 2.75) is 171 Å². The summed E-state index contributed by atoms with van der Waals surface area (Å²) in [6.07, 6.45) is 13.6. The Hall–Kier alpha value is -2.16. The molecule has 0 aromatic carbocycles. The maximum absolute atomic E-state index is 15.1. The van der Waals surface area contributed by atoms with Gasteiger partial charge in [0.05, 0.1) is 30.5 Å². The van der Waals surface area contributed by atoms with Crippen molar-refractivity contribution >= 4 is 23.8 Å². The lowest BCUT2D eigenvalue weighted by Crippen LogP contribution is -2.69. The quantitative estimate of drug-likeness (QED) is 0.236. The monoisotopic (exact) mass is 793 g/mol. The lowest BCUT2D eigenvalue weighted by atomic mass is 9.32. The van der Waals surface area contributed by atoms with Gasteiger partial charge in [-0.1, -0.05) is 55.4 Å². The SMILES string of the molecule is CC(C)(CC(=O)O[C@H]1CC[C@]2(C)[C@H]3CC[C@@H]4C5[C@H](C6(C)CC6)CC[C@]5(C(=O)NC5CC(C(=O)N6CCOCC6)C5(C)C)CC[C@@]4(C)[C@]3(C)CC[C@H]2C1(C)C)C(=O)O. The standard InChI is InChI=1S/C48H76N2O7/c1-41(2,40(54)55)28-36(51)57-35-15-16-45(8)32(43(35,5)6)14-17-47(10)33(45)12-11-30-37-29(44(7)19-20-44)13-18-48(37,22-21-46(30,47)9)39(53)49-34-27-31(42(34,3)4)38(52)50-23-25-56-26-24-50/h29-35,37H,11-28H2,1-10H3,(H,49,53)(H,54,55)/t29-,30-,31?,32+,33-,34?,35+,37?,45+,46-,47-,48+/m1/s1. The number of carbonyl (C=O) groups is 4. The Labute approximate surface area is 343 Å². The molecule has 1 aliphatic heterocycles. The molecule has 1 heterocycles. The van der Waals surface area contributed by atoms with Crippen molar-refractivity contribution < 1.29 is 33.8 Å². The van der Waals surface area contributed by atoms with E-state index >= 15 is 4.79 Å². The van der Waals surface area contributed by atoms with Gasteiger partial charge in [0, 0.05) is 30.5 Å². The minimum Gasteiger partial charge on any atom is -0.481 e. The van der Waals surface area contributed by atoms with Crippen LogP contribution in [0.1, 0.15) is 159 Å². The van der Waals surface area contributed by atoms with Crippen molar-refractivity contribution in [3.05, 3.63) is 0 Å².